The maximum Gasteiger partial charge on any atom is 0.263 e. The Balaban J connectivity index is 2.03. The minimum Gasteiger partial charge on any atom is -0.391 e. The molecule has 1 fully saturated rings. The summed E-state index contributed by atoms with van der Waals surface area (Å²) in [6.45, 7) is 1.88. The number of thiophene rings is 1. The Labute approximate surface area is 110 Å². The third-order valence-corrected chi connectivity index (χ3v) is 4.85. The molecule has 0 radical (unpaired) electrons. The van der Waals surface area contributed by atoms with Crippen LogP contribution in [0.4, 0.5) is 0 Å². The van der Waals surface area contributed by atoms with Crippen LogP contribution in [0.5, 0.6) is 0 Å². The van der Waals surface area contributed by atoms with Crippen molar-refractivity contribution in [3.05, 3.63) is 20.8 Å². The van der Waals surface area contributed by atoms with Gasteiger partial charge in [0.05, 0.1) is 17.2 Å². The molecule has 5 heteroatoms. The van der Waals surface area contributed by atoms with E-state index in [2.05, 4.69) is 5.32 Å². The van der Waals surface area contributed by atoms with Gasteiger partial charge in [0.1, 0.15) is 4.88 Å². The molecule has 1 aromatic heterocycles. The van der Waals surface area contributed by atoms with E-state index < -0.39 is 6.10 Å². The number of rotatable bonds is 2. The van der Waals surface area contributed by atoms with E-state index >= 15 is 0 Å². The molecule has 2 unspecified atom stereocenters. The van der Waals surface area contributed by atoms with Crippen LogP contribution in [0.2, 0.25) is 5.02 Å². The lowest BCUT2D eigenvalue weighted by Gasteiger charge is -2.28. The monoisotopic (exact) mass is 273 g/mol. The van der Waals surface area contributed by atoms with Crippen molar-refractivity contribution < 1.29 is 9.90 Å². The number of aliphatic hydroxyl groups excluding tert-OH is 1. The van der Waals surface area contributed by atoms with Crippen LogP contribution in [0.15, 0.2) is 5.38 Å². The van der Waals surface area contributed by atoms with Gasteiger partial charge in [-0.05, 0) is 30.7 Å². The lowest BCUT2D eigenvalue weighted by Crippen LogP contribution is -2.44. The summed E-state index contributed by atoms with van der Waals surface area (Å²) in [5.41, 5.74) is 0.922. The topological polar surface area (TPSA) is 49.3 Å². The number of aryl methyl sites for hydroxylation is 1. The first-order chi connectivity index (χ1) is 8.09. The molecule has 0 aliphatic heterocycles. The van der Waals surface area contributed by atoms with Gasteiger partial charge in [0.2, 0.25) is 0 Å². The zero-order valence-electron chi connectivity index (χ0n) is 9.70. The number of halogens is 1. The molecule has 3 nitrogen and oxygen atoms in total. The Morgan fingerprint density at radius 1 is 1.53 bits per heavy atom. The van der Waals surface area contributed by atoms with E-state index in [1.54, 1.807) is 0 Å². The minimum atomic E-state index is -0.424. The van der Waals surface area contributed by atoms with E-state index in [4.69, 9.17) is 11.6 Å². The SMILES string of the molecule is Cc1csc(C(=O)NC2CCCCC2O)c1Cl. The van der Waals surface area contributed by atoms with Crippen molar-refractivity contribution in [2.45, 2.75) is 44.8 Å². The molecule has 0 bridgehead atoms. The van der Waals surface area contributed by atoms with Gasteiger partial charge in [0.25, 0.3) is 5.91 Å². The Bertz CT molecular complexity index is 419. The van der Waals surface area contributed by atoms with Crippen molar-refractivity contribution in [3.8, 4) is 0 Å². The predicted octanol–water partition coefficient (Wildman–Crippen LogP) is 2.74. The lowest BCUT2D eigenvalue weighted by molar-refractivity contribution is 0.0720. The highest BCUT2D eigenvalue weighted by Crippen LogP contribution is 2.27. The van der Waals surface area contributed by atoms with Crippen LogP contribution in [0, 0.1) is 6.92 Å². The molecular formula is C12H16ClNO2S. The fourth-order valence-electron chi connectivity index (χ4n) is 2.10. The molecule has 1 aliphatic carbocycles. The van der Waals surface area contributed by atoms with Crippen LogP contribution in [-0.2, 0) is 0 Å². The number of carbonyl (C=O) groups excluding carboxylic acids is 1. The van der Waals surface area contributed by atoms with Gasteiger partial charge in [0.15, 0.2) is 0 Å². The molecule has 0 spiro atoms. The van der Waals surface area contributed by atoms with Crippen molar-refractivity contribution in [1.29, 1.82) is 0 Å². The second-order valence-electron chi connectivity index (χ2n) is 4.49. The number of amides is 1. The molecule has 1 heterocycles. The molecule has 0 saturated heterocycles. The molecule has 2 N–H and O–H groups in total. The highest BCUT2D eigenvalue weighted by atomic mass is 35.5. The van der Waals surface area contributed by atoms with Crippen LogP contribution < -0.4 is 5.32 Å². The van der Waals surface area contributed by atoms with E-state index in [1.807, 2.05) is 12.3 Å². The van der Waals surface area contributed by atoms with Crippen LogP contribution >= 0.6 is 22.9 Å². The van der Waals surface area contributed by atoms with Crippen molar-refractivity contribution in [2.75, 3.05) is 0 Å². The van der Waals surface area contributed by atoms with Gasteiger partial charge in [-0.3, -0.25) is 4.79 Å². The molecule has 1 aliphatic rings. The number of carbonyl (C=O) groups is 1. The zero-order valence-corrected chi connectivity index (χ0v) is 11.3. The largest absolute Gasteiger partial charge is 0.391 e. The van der Waals surface area contributed by atoms with Crippen molar-refractivity contribution in [1.82, 2.24) is 5.32 Å². The molecule has 1 aromatic rings. The van der Waals surface area contributed by atoms with Crippen LogP contribution in [0.25, 0.3) is 0 Å². The Hall–Kier alpha value is -0.580. The summed E-state index contributed by atoms with van der Waals surface area (Å²) < 4.78 is 0. The molecule has 94 valence electrons. The molecule has 17 heavy (non-hydrogen) atoms. The highest BCUT2D eigenvalue weighted by molar-refractivity contribution is 7.13. The summed E-state index contributed by atoms with van der Waals surface area (Å²) in [6, 6.07) is -0.130. The summed E-state index contributed by atoms with van der Waals surface area (Å²) in [5.74, 6) is -0.168. The van der Waals surface area contributed by atoms with Gasteiger partial charge in [-0.25, -0.2) is 0 Å². The molecule has 1 amide bonds. The van der Waals surface area contributed by atoms with E-state index in [0.29, 0.717) is 9.90 Å². The maximum absolute atomic E-state index is 12.0. The molecular weight excluding hydrogens is 258 g/mol. The average Bonchev–Trinajstić information content (AvgIpc) is 2.63. The second-order valence-corrected chi connectivity index (χ2v) is 5.75. The van der Waals surface area contributed by atoms with Gasteiger partial charge >= 0.3 is 0 Å². The van der Waals surface area contributed by atoms with Crippen LogP contribution in [0.3, 0.4) is 0 Å². The van der Waals surface area contributed by atoms with Gasteiger partial charge in [-0.1, -0.05) is 24.4 Å². The number of nitrogens with one attached hydrogen (secondary N) is 1. The average molecular weight is 274 g/mol. The van der Waals surface area contributed by atoms with Crippen molar-refractivity contribution >= 4 is 28.8 Å². The maximum atomic E-state index is 12.0. The minimum absolute atomic E-state index is 0.130. The molecule has 0 aromatic carbocycles. The van der Waals surface area contributed by atoms with Gasteiger partial charge in [0, 0.05) is 0 Å². The third kappa shape index (κ3) is 2.81. The number of aliphatic hydroxyl groups is 1. The predicted molar refractivity (Wildman–Crippen MR) is 69.8 cm³/mol. The zero-order chi connectivity index (χ0) is 12.4. The smallest absolute Gasteiger partial charge is 0.263 e. The summed E-state index contributed by atoms with van der Waals surface area (Å²) in [6.07, 6.45) is 3.27. The highest BCUT2D eigenvalue weighted by Gasteiger charge is 2.26. The van der Waals surface area contributed by atoms with Crippen LogP contribution in [0.1, 0.15) is 40.9 Å². The summed E-state index contributed by atoms with van der Waals surface area (Å²) in [5, 5.41) is 15.1. The third-order valence-electron chi connectivity index (χ3n) is 3.15. The normalized spacial score (nSPS) is 24.6. The number of hydrogen-bond acceptors (Lipinski definition) is 3. The summed E-state index contributed by atoms with van der Waals surface area (Å²) >= 11 is 7.39. The molecule has 2 atom stereocenters. The summed E-state index contributed by atoms with van der Waals surface area (Å²) in [4.78, 5) is 12.5. The quantitative estimate of drug-likeness (QED) is 0.870. The van der Waals surface area contributed by atoms with E-state index in [9.17, 15) is 9.90 Å². The first kappa shape index (κ1) is 12.9. The first-order valence-electron chi connectivity index (χ1n) is 5.82. The number of hydrogen-bond donors (Lipinski definition) is 2. The van der Waals surface area contributed by atoms with Crippen molar-refractivity contribution in [3.63, 3.8) is 0 Å². The standard InChI is InChI=1S/C12H16ClNO2S/c1-7-6-17-11(10(7)13)12(16)14-8-4-2-3-5-9(8)15/h6,8-9,15H,2-5H2,1H3,(H,14,16). The Morgan fingerprint density at radius 2 is 2.24 bits per heavy atom. The fraction of sp³-hybridized carbons (Fsp3) is 0.583. The molecule has 2 rings (SSSR count). The van der Waals surface area contributed by atoms with Crippen molar-refractivity contribution in [2.24, 2.45) is 0 Å². The Morgan fingerprint density at radius 3 is 2.82 bits per heavy atom. The fourth-order valence-corrected chi connectivity index (χ4v) is 3.28. The molecule has 1 saturated carbocycles. The Kier molecular flexibility index (Phi) is 4.07. The van der Waals surface area contributed by atoms with E-state index in [-0.39, 0.29) is 11.9 Å². The second kappa shape index (κ2) is 5.38. The van der Waals surface area contributed by atoms with Gasteiger partial charge in [-0.15, -0.1) is 11.3 Å². The summed E-state index contributed by atoms with van der Waals surface area (Å²) in [7, 11) is 0. The van der Waals surface area contributed by atoms with E-state index in [0.717, 1.165) is 31.2 Å². The first-order valence-corrected chi connectivity index (χ1v) is 7.08. The van der Waals surface area contributed by atoms with Gasteiger partial charge < -0.3 is 10.4 Å². The van der Waals surface area contributed by atoms with Gasteiger partial charge in [-0.2, -0.15) is 0 Å². The lowest BCUT2D eigenvalue weighted by atomic mass is 9.92. The van der Waals surface area contributed by atoms with E-state index in [1.165, 1.54) is 11.3 Å². The van der Waals surface area contributed by atoms with Crippen LogP contribution in [-0.4, -0.2) is 23.2 Å².